The fourth-order valence-electron chi connectivity index (χ4n) is 2.23. The van der Waals surface area contributed by atoms with E-state index in [0.717, 1.165) is 24.5 Å². The van der Waals surface area contributed by atoms with Gasteiger partial charge in [-0.05, 0) is 39.0 Å². The summed E-state index contributed by atoms with van der Waals surface area (Å²) in [5.74, 6) is -2.19. The molecule has 2 aromatic rings. The first kappa shape index (κ1) is 23.2. The third-order valence-corrected chi connectivity index (χ3v) is 4.45. The van der Waals surface area contributed by atoms with Crippen molar-refractivity contribution in [2.75, 3.05) is 19.0 Å². The van der Waals surface area contributed by atoms with Crippen LogP contribution in [0.5, 0.6) is 0 Å². The second-order valence-electron chi connectivity index (χ2n) is 7.09. The molecule has 2 rings (SSSR count). The number of ether oxygens (including phenoxy) is 2. The van der Waals surface area contributed by atoms with Gasteiger partial charge in [-0.2, -0.15) is 0 Å². The van der Waals surface area contributed by atoms with Gasteiger partial charge in [0.25, 0.3) is 5.91 Å². The molecule has 0 bridgehead atoms. The molecular weight excluding hydrogens is 417 g/mol. The van der Waals surface area contributed by atoms with E-state index in [0.29, 0.717) is 10.6 Å². The van der Waals surface area contributed by atoms with Crippen LogP contribution in [0.2, 0.25) is 0 Å². The fourth-order valence-corrected chi connectivity index (χ4v) is 3.02. The summed E-state index contributed by atoms with van der Waals surface area (Å²) in [5, 5.41) is 15.6. The lowest BCUT2D eigenvalue weighted by molar-refractivity contribution is -0.143. The van der Waals surface area contributed by atoms with E-state index in [1.165, 1.54) is 17.5 Å². The van der Waals surface area contributed by atoms with Crippen LogP contribution in [0.3, 0.4) is 0 Å². The number of rotatable bonds is 6. The van der Waals surface area contributed by atoms with Crippen molar-refractivity contribution in [2.24, 2.45) is 0 Å². The summed E-state index contributed by atoms with van der Waals surface area (Å²) in [7, 11) is 1.13. The minimum absolute atomic E-state index is 0.00582. The predicted octanol–water partition coefficient (Wildman–Crippen LogP) is 2.56. The van der Waals surface area contributed by atoms with Crippen molar-refractivity contribution in [3.8, 4) is 10.6 Å². The Morgan fingerprint density at radius 3 is 2.57 bits per heavy atom. The molecule has 1 heterocycles. The van der Waals surface area contributed by atoms with Crippen molar-refractivity contribution in [3.63, 3.8) is 0 Å². The summed E-state index contributed by atoms with van der Waals surface area (Å²) in [6.45, 7) is 4.44. The molecule has 162 valence electrons. The number of amides is 2. The van der Waals surface area contributed by atoms with Gasteiger partial charge in [-0.25, -0.2) is 19.0 Å². The zero-order chi connectivity index (χ0) is 22.5. The maximum Gasteiger partial charge on any atom is 0.412 e. The third kappa shape index (κ3) is 6.22. The Morgan fingerprint density at radius 2 is 2.00 bits per heavy atom. The number of aliphatic hydroxyl groups excluding tert-OH is 1. The van der Waals surface area contributed by atoms with Crippen LogP contribution >= 0.6 is 11.3 Å². The quantitative estimate of drug-likeness (QED) is 0.591. The van der Waals surface area contributed by atoms with Crippen molar-refractivity contribution in [1.29, 1.82) is 0 Å². The molecule has 0 spiro atoms. The number of nitrogens with one attached hydrogen (secondary N) is 2. The van der Waals surface area contributed by atoms with Gasteiger partial charge in [0, 0.05) is 10.9 Å². The van der Waals surface area contributed by atoms with Crippen LogP contribution in [-0.2, 0) is 14.3 Å². The number of hydrogen-bond acceptors (Lipinski definition) is 8. The Kier molecular flexibility index (Phi) is 7.46. The minimum Gasteiger partial charge on any atom is -0.467 e. The second kappa shape index (κ2) is 9.63. The lowest BCUT2D eigenvalue weighted by atomic mass is 10.2. The average Bonchev–Trinajstić information content (AvgIpc) is 3.15. The zero-order valence-corrected chi connectivity index (χ0v) is 17.6. The van der Waals surface area contributed by atoms with E-state index < -0.39 is 42.0 Å². The van der Waals surface area contributed by atoms with Gasteiger partial charge >= 0.3 is 12.1 Å². The summed E-state index contributed by atoms with van der Waals surface area (Å²) in [4.78, 5) is 39.6. The average molecular weight is 439 g/mol. The molecule has 1 aromatic carbocycles. The number of hydrogen-bond donors (Lipinski definition) is 3. The Hall–Kier alpha value is -3.05. The molecule has 0 fully saturated rings. The molecule has 2 amide bonds. The SMILES string of the molecule is COC(=O)[C@H](CO)NC(=O)c1csc(-c2ccc(NC(=O)OC(C)(C)C)c(F)c2)n1. The number of carbonyl (C=O) groups is 3. The van der Waals surface area contributed by atoms with E-state index in [-0.39, 0.29) is 11.4 Å². The van der Waals surface area contributed by atoms with Crippen LogP contribution in [-0.4, -0.2) is 53.4 Å². The molecule has 0 saturated heterocycles. The summed E-state index contributed by atoms with van der Waals surface area (Å²) < 4.78 is 24.0. The van der Waals surface area contributed by atoms with Gasteiger partial charge in [0.2, 0.25) is 0 Å². The van der Waals surface area contributed by atoms with Gasteiger partial charge < -0.3 is 19.9 Å². The van der Waals surface area contributed by atoms with Crippen LogP contribution in [0, 0.1) is 5.82 Å². The molecule has 11 heteroatoms. The first-order valence-corrected chi connectivity index (χ1v) is 9.67. The monoisotopic (exact) mass is 439 g/mol. The Labute approximate surface area is 176 Å². The van der Waals surface area contributed by atoms with Gasteiger partial charge in [0.15, 0.2) is 6.04 Å². The highest BCUT2D eigenvalue weighted by Gasteiger charge is 2.23. The lowest BCUT2D eigenvalue weighted by Crippen LogP contribution is -2.44. The summed E-state index contributed by atoms with van der Waals surface area (Å²) in [6, 6.07) is 2.83. The molecule has 3 N–H and O–H groups in total. The highest BCUT2D eigenvalue weighted by atomic mass is 32.1. The standard InChI is InChI=1S/C19H22FN3O6S/c1-19(2,3)29-18(27)23-12-6-5-10(7-11(12)20)16-22-14(9-30-16)15(25)21-13(8-24)17(26)28-4/h5-7,9,13,24H,8H2,1-4H3,(H,21,25)(H,23,27)/t13-/m0/s1. The normalized spacial score (nSPS) is 12.1. The first-order valence-electron chi connectivity index (χ1n) is 8.79. The zero-order valence-electron chi connectivity index (χ0n) is 16.8. The molecule has 0 unspecified atom stereocenters. The highest BCUT2D eigenvalue weighted by Crippen LogP contribution is 2.27. The van der Waals surface area contributed by atoms with E-state index in [2.05, 4.69) is 20.4 Å². The van der Waals surface area contributed by atoms with Crippen molar-refractivity contribution < 1.29 is 33.4 Å². The molecule has 0 radical (unpaired) electrons. The Balaban J connectivity index is 2.11. The van der Waals surface area contributed by atoms with Gasteiger partial charge in [0.1, 0.15) is 22.1 Å². The number of anilines is 1. The Bertz CT molecular complexity index is 941. The van der Waals surface area contributed by atoms with E-state index >= 15 is 0 Å². The summed E-state index contributed by atoms with van der Waals surface area (Å²) in [6.07, 6.45) is -0.786. The highest BCUT2D eigenvalue weighted by molar-refractivity contribution is 7.13. The van der Waals surface area contributed by atoms with E-state index in [1.807, 2.05) is 0 Å². The number of methoxy groups -OCH3 is 1. The smallest absolute Gasteiger partial charge is 0.412 e. The van der Waals surface area contributed by atoms with E-state index in [4.69, 9.17) is 4.74 Å². The van der Waals surface area contributed by atoms with Gasteiger partial charge in [0.05, 0.1) is 19.4 Å². The predicted molar refractivity (Wildman–Crippen MR) is 108 cm³/mol. The fraction of sp³-hybridized carbons (Fsp3) is 0.368. The number of aromatic nitrogens is 1. The van der Waals surface area contributed by atoms with Crippen molar-refractivity contribution >= 4 is 35.0 Å². The van der Waals surface area contributed by atoms with Crippen LogP contribution in [0.25, 0.3) is 10.6 Å². The molecule has 9 nitrogen and oxygen atoms in total. The van der Waals surface area contributed by atoms with Gasteiger partial charge in [-0.1, -0.05) is 0 Å². The summed E-state index contributed by atoms with van der Waals surface area (Å²) in [5.41, 5.74) is -0.403. The number of carbonyl (C=O) groups excluding carboxylic acids is 3. The van der Waals surface area contributed by atoms with E-state index in [1.54, 1.807) is 20.8 Å². The van der Waals surface area contributed by atoms with Crippen LogP contribution < -0.4 is 10.6 Å². The Morgan fingerprint density at radius 1 is 1.30 bits per heavy atom. The minimum atomic E-state index is -1.22. The molecule has 0 aliphatic heterocycles. The van der Waals surface area contributed by atoms with Gasteiger partial charge in [-0.15, -0.1) is 11.3 Å². The number of aliphatic hydroxyl groups is 1. The maximum atomic E-state index is 14.4. The van der Waals surface area contributed by atoms with Crippen LogP contribution in [0.4, 0.5) is 14.9 Å². The van der Waals surface area contributed by atoms with Crippen molar-refractivity contribution in [3.05, 3.63) is 35.1 Å². The van der Waals surface area contributed by atoms with Gasteiger partial charge in [-0.3, -0.25) is 10.1 Å². The second-order valence-corrected chi connectivity index (χ2v) is 7.95. The number of thiazole rings is 1. The molecule has 0 saturated carbocycles. The molecule has 0 aliphatic carbocycles. The molecule has 0 aliphatic rings. The maximum absolute atomic E-state index is 14.4. The number of halogens is 1. The molecule has 1 aromatic heterocycles. The number of nitrogens with zero attached hydrogens (tertiary/aromatic N) is 1. The lowest BCUT2D eigenvalue weighted by Gasteiger charge is -2.19. The van der Waals surface area contributed by atoms with Crippen molar-refractivity contribution in [2.45, 2.75) is 32.4 Å². The first-order chi connectivity index (χ1) is 14.0. The molecule has 30 heavy (non-hydrogen) atoms. The molecular formula is C19H22FN3O6S. The molecule has 1 atom stereocenters. The van der Waals surface area contributed by atoms with Crippen LogP contribution in [0.15, 0.2) is 23.6 Å². The number of esters is 1. The van der Waals surface area contributed by atoms with Crippen molar-refractivity contribution in [1.82, 2.24) is 10.3 Å². The van der Waals surface area contributed by atoms with E-state index in [9.17, 15) is 23.9 Å². The topological polar surface area (TPSA) is 127 Å². The third-order valence-electron chi connectivity index (χ3n) is 3.56. The largest absolute Gasteiger partial charge is 0.467 e. The van der Waals surface area contributed by atoms with Crippen LogP contribution in [0.1, 0.15) is 31.3 Å². The number of benzene rings is 1. The summed E-state index contributed by atoms with van der Waals surface area (Å²) >= 11 is 1.09.